The van der Waals surface area contributed by atoms with Crippen molar-refractivity contribution in [1.82, 2.24) is 4.90 Å². The molecule has 0 bridgehead atoms. The molecule has 25 heavy (non-hydrogen) atoms. The molecule has 0 atom stereocenters. The Morgan fingerprint density at radius 1 is 1.08 bits per heavy atom. The van der Waals surface area contributed by atoms with Crippen molar-refractivity contribution in [3.8, 4) is 0 Å². The van der Waals surface area contributed by atoms with Crippen molar-refractivity contribution in [2.75, 3.05) is 18.0 Å². The number of amides is 2. The summed E-state index contributed by atoms with van der Waals surface area (Å²) in [6.07, 6.45) is 1.96. The van der Waals surface area contributed by atoms with Crippen molar-refractivity contribution in [2.45, 2.75) is 33.2 Å². The lowest BCUT2D eigenvalue weighted by Crippen LogP contribution is -2.44. The number of hydrogen-bond acceptors (Lipinski definition) is 2. The zero-order valence-corrected chi connectivity index (χ0v) is 14.9. The molecular weight excluding hydrogens is 312 g/mol. The van der Waals surface area contributed by atoms with Crippen molar-refractivity contribution in [3.63, 3.8) is 0 Å². The first-order chi connectivity index (χ1) is 12.1. The van der Waals surface area contributed by atoms with Crippen LogP contribution in [0.25, 0.3) is 0 Å². The van der Waals surface area contributed by atoms with Gasteiger partial charge in [0.05, 0.1) is 0 Å². The minimum atomic E-state index is -0.0816. The van der Waals surface area contributed by atoms with Gasteiger partial charge in [0.2, 0.25) is 11.8 Å². The molecular formula is C21H24N2O2. The third-order valence-electron chi connectivity index (χ3n) is 4.81. The summed E-state index contributed by atoms with van der Waals surface area (Å²) in [4.78, 5) is 28.4. The van der Waals surface area contributed by atoms with Crippen LogP contribution in [0.2, 0.25) is 0 Å². The molecule has 0 unspecified atom stereocenters. The van der Waals surface area contributed by atoms with Gasteiger partial charge in [0.15, 0.2) is 0 Å². The second kappa shape index (κ2) is 7.51. The third-order valence-corrected chi connectivity index (χ3v) is 4.81. The summed E-state index contributed by atoms with van der Waals surface area (Å²) in [5, 5.41) is 0. The highest BCUT2D eigenvalue weighted by Gasteiger charge is 2.24. The second-order valence-electron chi connectivity index (χ2n) is 6.58. The van der Waals surface area contributed by atoms with Crippen LogP contribution in [-0.2, 0) is 22.6 Å². The number of fused-ring (bicyclic) bond motifs is 1. The van der Waals surface area contributed by atoms with Gasteiger partial charge in [0, 0.05) is 25.7 Å². The molecule has 0 saturated heterocycles. The number of hydrogen-bond donors (Lipinski definition) is 0. The van der Waals surface area contributed by atoms with Gasteiger partial charge < -0.3 is 9.80 Å². The summed E-state index contributed by atoms with van der Waals surface area (Å²) >= 11 is 0. The maximum absolute atomic E-state index is 12.9. The van der Waals surface area contributed by atoms with Crippen molar-refractivity contribution in [1.29, 1.82) is 0 Å². The van der Waals surface area contributed by atoms with E-state index in [1.54, 1.807) is 4.90 Å². The van der Waals surface area contributed by atoms with E-state index in [4.69, 9.17) is 0 Å². The summed E-state index contributed by atoms with van der Waals surface area (Å²) in [5.74, 6) is -0.0992. The van der Waals surface area contributed by atoms with Crippen LogP contribution in [-0.4, -0.2) is 29.8 Å². The molecule has 0 fully saturated rings. The fourth-order valence-electron chi connectivity index (χ4n) is 3.31. The van der Waals surface area contributed by atoms with E-state index in [2.05, 4.69) is 6.07 Å². The van der Waals surface area contributed by atoms with Gasteiger partial charge in [-0.3, -0.25) is 9.59 Å². The van der Waals surface area contributed by atoms with Gasteiger partial charge >= 0.3 is 0 Å². The van der Waals surface area contributed by atoms with E-state index >= 15 is 0 Å². The second-order valence-corrected chi connectivity index (χ2v) is 6.58. The number of nitrogens with zero attached hydrogens (tertiary/aromatic N) is 2. The van der Waals surface area contributed by atoms with E-state index in [0.29, 0.717) is 13.1 Å². The first-order valence-corrected chi connectivity index (χ1v) is 8.74. The van der Waals surface area contributed by atoms with Crippen molar-refractivity contribution < 1.29 is 9.59 Å². The Morgan fingerprint density at radius 2 is 1.80 bits per heavy atom. The van der Waals surface area contributed by atoms with Gasteiger partial charge in [-0.1, -0.05) is 42.5 Å². The Hall–Kier alpha value is -2.62. The van der Waals surface area contributed by atoms with Crippen molar-refractivity contribution in [2.24, 2.45) is 0 Å². The van der Waals surface area contributed by atoms with Gasteiger partial charge in [0.1, 0.15) is 6.54 Å². The minimum absolute atomic E-state index is 0.0177. The Labute approximate surface area is 149 Å². The summed E-state index contributed by atoms with van der Waals surface area (Å²) in [7, 11) is 0. The number of carbonyl (C=O) groups excluding carboxylic acids is 2. The summed E-state index contributed by atoms with van der Waals surface area (Å²) < 4.78 is 0. The molecule has 130 valence electrons. The Kier molecular flexibility index (Phi) is 5.17. The van der Waals surface area contributed by atoms with E-state index in [1.165, 1.54) is 12.5 Å². The lowest BCUT2D eigenvalue weighted by atomic mass is 10.0. The topological polar surface area (TPSA) is 40.6 Å². The molecule has 0 aromatic heterocycles. The molecule has 0 saturated carbocycles. The summed E-state index contributed by atoms with van der Waals surface area (Å²) in [6, 6.07) is 16.0. The van der Waals surface area contributed by atoms with Crippen LogP contribution >= 0.6 is 0 Å². The highest BCUT2D eigenvalue weighted by atomic mass is 16.2. The Bertz CT molecular complexity index is 785. The first-order valence-electron chi connectivity index (χ1n) is 8.74. The molecule has 0 radical (unpaired) electrons. The number of anilines is 1. The summed E-state index contributed by atoms with van der Waals surface area (Å²) in [6.45, 7) is 4.83. The predicted molar refractivity (Wildman–Crippen MR) is 99.4 cm³/mol. The van der Waals surface area contributed by atoms with E-state index in [9.17, 15) is 9.59 Å². The molecule has 2 amide bonds. The van der Waals surface area contributed by atoms with Gasteiger partial charge in [0.25, 0.3) is 0 Å². The zero-order valence-electron chi connectivity index (χ0n) is 14.9. The fourth-order valence-corrected chi connectivity index (χ4v) is 3.31. The summed E-state index contributed by atoms with van der Waals surface area (Å²) in [5.41, 5.74) is 4.39. The maximum Gasteiger partial charge on any atom is 0.246 e. The molecule has 2 aromatic rings. The normalized spacial score (nSPS) is 13.3. The van der Waals surface area contributed by atoms with Crippen LogP contribution in [0.15, 0.2) is 48.5 Å². The van der Waals surface area contributed by atoms with Crippen LogP contribution in [0.3, 0.4) is 0 Å². The largest absolute Gasteiger partial charge is 0.329 e. The monoisotopic (exact) mass is 336 g/mol. The van der Waals surface area contributed by atoms with Gasteiger partial charge in [-0.2, -0.15) is 0 Å². The fraction of sp³-hybridized carbons (Fsp3) is 0.333. The molecule has 0 spiro atoms. The molecule has 3 rings (SSSR count). The molecule has 2 aromatic carbocycles. The molecule has 1 heterocycles. The van der Waals surface area contributed by atoms with Gasteiger partial charge in [-0.25, -0.2) is 0 Å². The van der Waals surface area contributed by atoms with Gasteiger partial charge in [-0.05, 0) is 42.5 Å². The minimum Gasteiger partial charge on any atom is -0.329 e. The van der Waals surface area contributed by atoms with E-state index in [1.807, 2.05) is 54.3 Å². The standard InChI is InChI=1S/C21H24N2O2/c1-16-8-3-4-10-19(16)14-22(17(2)24)15-21(25)23-13-7-11-18-9-5-6-12-20(18)23/h3-6,8-10,12H,7,11,13-15H2,1-2H3. The Balaban J connectivity index is 1.76. The zero-order chi connectivity index (χ0) is 17.8. The number of para-hydroxylation sites is 1. The maximum atomic E-state index is 12.9. The number of rotatable bonds is 4. The number of benzene rings is 2. The lowest BCUT2D eigenvalue weighted by Gasteiger charge is -2.31. The van der Waals surface area contributed by atoms with Crippen LogP contribution in [0.1, 0.15) is 30.0 Å². The quantitative estimate of drug-likeness (QED) is 0.859. The Morgan fingerprint density at radius 3 is 2.56 bits per heavy atom. The average Bonchev–Trinajstić information content (AvgIpc) is 2.62. The van der Waals surface area contributed by atoms with E-state index in [0.717, 1.165) is 29.7 Å². The van der Waals surface area contributed by atoms with E-state index < -0.39 is 0 Å². The molecule has 0 aliphatic carbocycles. The SMILES string of the molecule is CC(=O)N(CC(=O)N1CCCc2ccccc21)Cc1ccccc1C. The van der Waals surface area contributed by atoms with E-state index in [-0.39, 0.29) is 18.4 Å². The van der Waals surface area contributed by atoms with Crippen molar-refractivity contribution in [3.05, 3.63) is 65.2 Å². The van der Waals surface area contributed by atoms with Crippen LogP contribution in [0.5, 0.6) is 0 Å². The number of carbonyl (C=O) groups is 2. The first kappa shape index (κ1) is 17.2. The molecule has 4 nitrogen and oxygen atoms in total. The molecule has 1 aliphatic rings. The molecule has 1 aliphatic heterocycles. The van der Waals surface area contributed by atoms with Gasteiger partial charge in [-0.15, -0.1) is 0 Å². The van der Waals surface area contributed by atoms with Crippen LogP contribution < -0.4 is 4.90 Å². The number of aryl methyl sites for hydroxylation is 2. The van der Waals surface area contributed by atoms with Crippen molar-refractivity contribution >= 4 is 17.5 Å². The average molecular weight is 336 g/mol. The molecule has 0 N–H and O–H groups in total. The highest BCUT2D eigenvalue weighted by molar-refractivity contribution is 5.97. The highest BCUT2D eigenvalue weighted by Crippen LogP contribution is 2.27. The third kappa shape index (κ3) is 3.90. The molecule has 4 heteroatoms. The van der Waals surface area contributed by atoms with Crippen LogP contribution in [0, 0.1) is 6.92 Å². The smallest absolute Gasteiger partial charge is 0.246 e. The lowest BCUT2D eigenvalue weighted by molar-refractivity contribution is -0.134. The van der Waals surface area contributed by atoms with Crippen LogP contribution in [0.4, 0.5) is 5.69 Å². The predicted octanol–water partition coefficient (Wildman–Crippen LogP) is 3.32.